The number of halogens is 3. The van der Waals surface area contributed by atoms with Gasteiger partial charge in [0.2, 0.25) is 5.90 Å². The Balaban J connectivity index is 1.63. The van der Waals surface area contributed by atoms with Crippen molar-refractivity contribution in [3.05, 3.63) is 96.2 Å². The fourth-order valence-electron chi connectivity index (χ4n) is 3.38. The maximum Gasteiger partial charge on any atom is 0.363 e. The summed E-state index contributed by atoms with van der Waals surface area (Å²) < 4.78 is 18.1. The molecular weight excluding hydrogens is 588 g/mol. The highest BCUT2D eigenvalue weighted by Gasteiger charge is 2.26. The van der Waals surface area contributed by atoms with Crippen molar-refractivity contribution < 1.29 is 19.0 Å². The van der Waals surface area contributed by atoms with E-state index in [0.29, 0.717) is 45.9 Å². The molecule has 8 heteroatoms. The molecule has 0 aromatic heterocycles. The molecule has 4 rings (SSSR count). The molecule has 3 aromatic rings. The van der Waals surface area contributed by atoms with E-state index in [-0.39, 0.29) is 11.6 Å². The summed E-state index contributed by atoms with van der Waals surface area (Å²) in [5.41, 5.74) is 3.49. The van der Waals surface area contributed by atoms with Crippen LogP contribution in [0.1, 0.15) is 29.2 Å². The van der Waals surface area contributed by atoms with E-state index in [0.717, 1.165) is 14.7 Å². The molecule has 0 aliphatic carbocycles. The molecule has 1 aliphatic heterocycles. The standard InChI is InChI=1S/C26H20Cl2INO4/c1-3-32-23-12-17(10-21(28)24(23)33-14-16-6-4-5-15(2)9-16)11-22-26(31)34-25(30-22)19-13-18(29)7-8-20(19)27/h4-13H,3,14H2,1-2H3/b22-11-. The van der Waals surface area contributed by atoms with Crippen LogP contribution in [0.4, 0.5) is 0 Å². The van der Waals surface area contributed by atoms with Crippen LogP contribution in [0.25, 0.3) is 6.08 Å². The van der Waals surface area contributed by atoms with Crippen LogP contribution in [0, 0.1) is 10.5 Å². The van der Waals surface area contributed by atoms with Gasteiger partial charge >= 0.3 is 5.97 Å². The van der Waals surface area contributed by atoms with E-state index in [4.69, 9.17) is 37.4 Å². The number of esters is 1. The Morgan fingerprint density at radius 2 is 1.88 bits per heavy atom. The first-order valence-corrected chi connectivity index (χ1v) is 12.3. The number of cyclic esters (lactones) is 1. The van der Waals surface area contributed by atoms with E-state index in [1.165, 1.54) is 0 Å². The zero-order chi connectivity index (χ0) is 24.2. The number of carbonyl (C=O) groups is 1. The molecule has 3 aromatic carbocycles. The molecule has 0 saturated heterocycles. The van der Waals surface area contributed by atoms with E-state index in [2.05, 4.69) is 27.6 Å². The first-order valence-electron chi connectivity index (χ1n) is 10.5. The number of hydrogen-bond donors (Lipinski definition) is 0. The van der Waals surface area contributed by atoms with Crippen LogP contribution >= 0.6 is 45.8 Å². The number of rotatable bonds is 7. The number of hydrogen-bond acceptors (Lipinski definition) is 5. The second kappa shape index (κ2) is 10.8. The third-order valence-corrected chi connectivity index (χ3v) is 6.16. The van der Waals surface area contributed by atoms with Gasteiger partial charge in [0.25, 0.3) is 0 Å². The minimum Gasteiger partial charge on any atom is -0.490 e. The summed E-state index contributed by atoms with van der Waals surface area (Å²) in [6.45, 7) is 4.67. The Morgan fingerprint density at radius 3 is 2.65 bits per heavy atom. The lowest BCUT2D eigenvalue weighted by molar-refractivity contribution is -0.129. The minimum absolute atomic E-state index is 0.136. The van der Waals surface area contributed by atoms with Gasteiger partial charge in [0, 0.05) is 3.57 Å². The Labute approximate surface area is 221 Å². The van der Waals surface area contributed by atoms with Crippen molar-refractivity contribution in [2.45, 2.75) is 20.5 Å². The average molecular weight is 608 g/mol. The van der Waals surface area contributed by atoms with Crippen LogP contribution in [-0.2, 0) is 16.1 Å². The topological polar surface area (TPSA) is 57.1 Å². The van der Waals surface area contributed by atoms with E-state index >= 15 is 0 Å². The van der Waals surface area contributed by atoms with Crippen LogP contribution < -0.4 is 9.47 Å². The Bertz CT molecular complexity index is 1320. The molecule has 1 aliphatic rings. The van der Waals surface area contributed by atoms with Gasteiger partial charge in [0.1, 0.15) is 6.61 Å². The maximum absolute atomic E-state index is 12.5. The number of benzene rings is 3. The second-order valence-electron chi connectivity index (χ2n) is 7.50. The zero-order valence-corrected chi connectivity index (χ0v) is 22.1. The van der Waals surface area contributed by atoms with Gasteiger partial charge in [-0.2, -0.15) is 0 Å². The highest BCUT2D eigenvalue weighted by molar-refractivity contribution is 14.1. The molecule has 5 nitrogen and oxygen atoms in total. The quantitative estimate of drug-likeness (QED) is 0.162. The first kappa shape index (κ1) is 24.6. The summed E-state index contributed by atoms with van der Waals surface area (Å²) in [4.78, 5) is 16.8. The predicted octanol–water partition coefficient (Wildman–Crippen LogP) is 7.23. The highest BCUT2D eigenvalue weighted by Crippen LogP contribution is 2.38. The molecule has 0 unspecified atom stereocenters. The van der Waals surface area contributed by atoms with E-state index in [9.17, 15) is 4.79 Å². The number of aryl methyl sites for hydroxylation is 1. The SMILES string of the molecule is CCOc1cc(/C=C2\N=C(c3cc(I)ccc3Cl)OC2=O)cc(Cl)c1OCc1cccc(C)c1. The molecule has 0 fully saturated rings. The normalized spacial score (nSPS) is 14.2. The summed E-state index contributed by atoms with van der Waals surface area (Å²) >= 11 is 15.0. The number of aliphatic imine (C=N–C) groups is 1. The van der Waals surface area contributed by atoms with Crippen LogP contribution in [0.2, 0.25) is 10.0 Å². The summed E-state index contributed by atoms with van der Waals surface area (Å²) in [5.74, 6) is 0.509. The Morgan fingerprint density at radius 1 is 1.06 bits per heavy atom. The van der Waals surface area contributed by atoms with Crippen molar-refractivity contribution in [2.24, 2.45) is 4.99 Å². The molecule has 0 saturated carbocycles. The monoisotopic (exact) mass is 607 g/mol. The first-order chi connectivity index (χ1) is 16.3. The number of carbonyl (C=O) groups excluding carboxylic acids is 1. The highest BCUT2D eigenvalue weighted by atomic mass is 127. The van der Waals surface area contributed by atoms with Crippen molar-refractivity contribution in [3.63, 3.8) is 0 Å². The maximum atomic E-state index is 12.5. The predicted molar refractivity (Wildman–Crippen MR) is 143 cm³/mol. The Hall–Kier alpha value is -2.55. The molecule has 0 atom stereocenters. The third kappa shape index (κ3) is 5.74. The van der Waals surface area contributed by atoms with Crippen molar-refractivity contribution in [3.8, 4) is 11.5 Å². The summed E-state index contributed by atoms with van der Waals surface area (Å²) in [5, 5.41) is 0.812. The lowest BCUT2D eigenvalue weighted by Gasteiger charge is -2.15. The van der Waals surface area contributed by atoms with Crippen LogP contribution in [0.5, 0.6) is 11.5 Å². The van der Waals surface area contributed by atoms with E-state index in [1.807, 2.05) is 50.2 Å². The summed E-state index contributed by atoms with van der Waals surface area (Å²) in [6, 6.07) is 16.9. The van der Waals surface area contributed by atoms with Crippen molar-refractivity contribution >= 4 is 63.7 Å². The van der Waals surface area contributed by atoms with Crippen LogP contribution in [-0.4, -0.2) is 18.5 Å². The molecule has 34 heavy (non-hydrogen) atoms. The smallest absolute Gasteiger partial charge is 0.363 e. The number of ether oxygens (including phenoxy) is 3. The van der Waals surface area contributed by atoms with Gasteiger partial charge in [-0.3, -0.25) is 0 Å². The van der Waals surface area contributed by atoms with E-state index < -0.39 is 5.97 Å². The lowest BCUT2D eigenvalue weighted by atomic mass is 10.1. The van der Waals surface area contributed by atoms with Gasteiger partial charge in [-0.05, 0) is 84.0 Å². The van der Waals surface area contributed by atoms with Gasteiger partial charge in [0.05, 0.1) is 22.2 Å². The fourth-order valence-corrected chi connectivity index (χ4v) is 4.34. The van der Waals surface area contributed by atoms with E-state index in [1.54, 1.807) is 24.3 Å². The van der Waals surface area contributed by atoms with Gasteiger partial charge in [-0.15, -0.1) is 0 Å². The van der Waals surface area contributed by atoms with Crippen LogP contribution in [0.15, 0.2) is 65.3 Å². The molecule has 0 spiro atoms. The van der Waals surface area contributed by atoms with Gasteiger partial charge in [-0.1, -0.05) is 53.0 Å². The van der Waals surface area contributed by atoms with Gasteiger partial charge in [0.15, 0.2) is 17.2 Å². The molecule has 174 valence electrons. The largest absolute Gasteiger partial charge is 0.490 e. The zero-order valence-electron chi connectivity index (χ0n) is 18.4. The average Bonchev–Trinajstić information content (AvgIpc) is 3.15. The fraction of sp³-hybridized carbons (Fsp3) is 0.154. The number of nitrogens with zero attached hydrogens (tertiary/aromatic N) is 1. The summed E-state index contributed by atoms with van der Waals surface area (Å²) in [6.07, 6.45) is 1.59. The van der Waals surface area contributed by atoms with Crippen molar-refractivity contribution in [1.82, 2.24) is 0 Å². The molecule has 0 bridgehead atoms. The molecule has 0 amide bonds. The molecule has 1 heterocycles. The molecular formula is C26H20Cl2INO4. The Kier molecular flexibility index (Phi) is 7.80. The van der Waals surface area contributed by atoms with Gasteiger partial charge in [-0.25, -0.2) is 9.79 Å². The lowest BCUT2D eigenvalue weighted by Crippen LogP contribution is -2.06. The van der Waals surface area contributed by atoms with Gasteiger partial charge < -0.3 is 14.2 Å². The molecule has 0 N–H and O–H groups in total. The third-order valence-electron chi connectivity index (χ3n) is 4.88. The van der Waals surface area contributed by atoms with Crippen molar-refractivity contribution in [1.29, 1.82) is 0 Å². The summed E-state index contributed by atoms with van der Waals surface area (Å²) in [7, 11) is 0. The minimum atomic E-state index is -0.571. The van der Waals surface area contributed by atoms with Crippen LogP contribution in [0.3, 0.4) is 0 Å². The van der Waals surface area contributed by atoms with Crippen molar-refractivity contribution in [2.75, 3.05) is 6.61 Å². The second-order valence-corrected chi connectivity index (χ2v) is 9.56. The molecule has 0 radical (unpaired) electrons.